The first-order valence-electron chi connectivity index (χ1n) is 10.2. The number of Topliss-reactive ketones (excluding diaryl/α,β-unsaturated/α-hetero) is 1. The second-order valence-electron chi connectivity index (χ2n) is 7.66. The van der Waals surface area contributed by atoms with Gasteiger partial charge in [0.05, 0.1) is 34.6 Å². The molecule has 1 N–H and O–H groups in total. The molecule has 1 aliphatic rings. The molecular weight excluding hydrogens is 410 g/mol. The van der Waals surface area contributed by atoms with Gasteiger partial charge in [0.15, 0.2) is 11.7 Å². The number of aromatic nitrogens is 4. The van der Waals surface area contributed by atoms with Crippen molar-refractivity contribution in [1.29, 1.82) is 5.26 Å². The third-order valence-corrected chi connectivity index (χ3v) is 6.97. The molecule has 31 heavy (non-hydrogen) atoms. The fourth-order valence-electron chi connectivity index (χ4n) is 4.20. The second-order valence-corrected chi connectivity index (χ2v) is 8.74. The number of nitriles is 1. The van der Waals surface area contributed by atoms with Gasteiger partial charge in [-0.25, -0.2) is 9.67 Å². The van der Waals surface area contributed by atoms with Crippen LogP contribution in [-0.4, -0.2) is 25.5 Å². The van der Waals surface area contributed by atoms with Crippen LogP contribution in [0.4, 0.5) is 0 Å². The van der Waals surface area contributed by atoms with E-state index >= 15 is 0 Å². The minimum Gasteiger partial charge on any atom is -0.308 e. The first-order chi connectivity index (χ1) is 15.1. The minimum absolute atomic E-state index is 0.0930. The van der Waals surface area contributed by atoms with Crippen LogP contribution in [0.2, 0.25) is 0 Å². The highest BCUT2D eigenvalue weighted by atomic mass is 32.1. The molecule has 1 aromatic carbocycles. The molecule has 3 heterocycles. The lowest BCUT2D eigenvalue weighted by Crippen LogP contribution is -2.20. The van der Waals surface area contributed by atoms with E-state index < -0.39 is 11.7 Å². The molecule has 7 nitrogen and oxygen atoms in total. The number of nitrogens with one attached hydrogen (secondary N) is 1. The summed E-state index contributed by atoms with van der Waals surface area (Å²) in [5, 5.41) is 14.7. The highest BCUT2D eigenvalue weighted by Gasteiger charge is 2.29. The number of hydrogen-bond donors (Lipinski definition) is 1. The third kappa shape index (κ3) is 3.18. The maximum Gasteiger partial charge on any atom is 0.259 e. The molecule has 1 unspecified atom stereocenters. The first-order valence-corrected chi connectivity index (χ1v) is 11.0. The average molecular weight is 430 g/mol. The largest absolute Gasteiger partial charge is 0.308 e. The Kier molecular flexibility index (Phi) is 4.75. The summed E-state index contributed by atoms with van der Waals surface area (Å²) in [4.78, 5) is 35.2. The van der Waals surface area contributed by atoms with Gasteiger partial charge >= 0.3 is 0 Å². The number of para-hydroxylation sites is 1. The lowest BCUT2D eigenvalue weighted by Gasteiger charge is -2.10. The number of ketones is 1. The maximum absolute atomic E-state index is 13.2. The van der Waals surface area contributed by atoms with E-state index in [1.165, 1.54) is 22.4 Å². The number of carbonyl (C=O) groups excluding carboxylic acids is 1. The van der Waals surface area contributed by atoms with Crippen LogP contribution in [-0.2, 0) is 12.8 Å². The number of hydrogen-bond acceptors (Lipinski definition) is 6. The van der Waals surface area contributed by atoms with E-state index in [1.54, 1.807) is 11.6 Å². The number of rotatable bonds is 4. The standard InChI is InChI=1S/C23H19N5O2S/c1-13-17(12-25-28(13)14-7-3-2-4-8-14)20(29)16(11-24)21-26-22(30)19-15-9-5-6-10-18(15)31-23(19)27-21/h2-4,7-8,12,16H,5-6,9-10H2,1H3,(H,26,27,30). The van der Waals surface area contributed by atoms with Gasteiger partial charge in [-0.1, -0.05) is 18.2 Å². The molecule has 0 fully saturated rings. The molecular formula is C23H19N5O2S. The Labute approximate surface area is 182 Å². The molecule has 0 saturated heterocycles. The van der Waals surface area contributed by atoms with Crippen LogP contribution in [0.25, 0.3) is 15.9 Å². The Hall–Kier alpha value is -3.57. The number of carbonyl (C=O) groups is 1. The number of thiophene rings is 1. The van der Waals surface area contributed by atoms with Gasteiger partial charge in [-0.3, -0.25) is 9.59 Å². The van der Waals surface area contributed by atoms with Crippen LogP contribution in [0.5, 0.6) is 0 Å². The second kappa shape index (κ2) is 7.60. The zero-order chi connectivity index (χ0) is 21.5. The van der Waals surface area contributed by atoms with Gasteiger partial charge < -0.3 is 4.98 Å². The van der Waals surface area contributed by atoms with Crippen molar-refractivity contribution in [3.8, 4) is 11.8 Å². The molecule has 4 aromatic rings. The zero-order valence-electron chi connectivity index (χ0n) is 16.9. The number of nitrogens with zero attached hydrogens (tertiary/aromatic N) is 4. The fourth-order valence-corrected chi connectivity index (χ4v) is 5.47. The van der Waals surface area contributed by atoms with E-state index in [4.69, 9.17) is 0 Å². The number of fused-ring (bicyclic) bond motifs is 3. The highest BCUT2D eigenvalue weighted by molar-refractivity contribution is 7.18. The Morgan fingerprint density at radius 1 is 1.26 bits per heavy atom. The highest BCUT2D eigenvalue weighted by Crippen LogP contribution is 2.34. The van der Waals surface area contributed by atoms with E-state index in [1.807, 2.05) is 36.4 Å². The molecule has 3 aromatic heterocycles. The summed E-state index contributed by atoms with van der Waals surface area (Å²) in [6.45, 7) is 1.79. The molecule has 8 heteroatoms. The Bertz CT molecular complexity index is 1410. The van der Waals surface area contributed by atoms with Gasteiger partial charge in [0.1, 0.15) is 10.7 Å². The quantitative estimate of drug-likeness (QED) is 0.496. The lowest BCUT2D eigenvalue weighted by molar-refractivity contribution is 0.0975. The maximum atomic E-state index is 13.2. The fraction of sp³-hybridized carbons (Fsp3) is 0.261. The van der Waals surface area contributed by atoms with Crippen LogP contribution < -0.4 is 5.56 Å². The predicted octanol–water partition coefficient (Wildman–Crippen LogP) is 3.85. The zero-order valence-corrected chi connectivity index (χ0v) is 17.7. The van der Waals surface area contributed by atoms with Crippen molar-refractivity contribution in [2.24, 2.45) is 0 Å². The minimum atomic E-state index is -1.21. The molecule has 5 rings (SSSR count). The SMILES string of the molecule is Cc1c(C(=O)C(C#N)c2nc3sc4c(c3c(=O)[nH]2)CCCC4)cnn1-c1ccccc1. The van der Waals surface area contributed by atoms with E-state index in [2.05, 4.69) is 15.1 Å². The number of H-pyrrole nitrogens is 1. The van der Waals surface area contributed by atoms with Crippen LogP contribution in [0.15, 0.2) is 41.3 Å². The van der Waals surface area contributed by atoms with Crippen molar-refractivity contribution >= 4 is 27.3 Å². The summed E-state index contributed by atoms with van der Waals surface area (Å²) in [5.41, 5.74) is 2.59. The summed E-state index contributed by atoms with van der Waals surface area (Å²) in [5.74, 6) is -1.54. The number of aryl methyl sites for hydroxylation is 2. The van der Waals surface area contributed by atoms with E-state index in [9.17, 15) is 14.9 Å². The smallest absolute Gasteiger partial charge is 0.259 e. The van der Waals surface area contributed by atoms with Crippen molar-refractivity contribution in [1.82, 2.24) is 19.7 Å². The molecule has 0 amide bonds. The van der Waals surface area contributed by atoms with Crippen LogP contribution in [0, 0.1) is 18.3 Å². The molecule has 0 spiro atoms. The van der Waals surface area contributed by atoms with Crippen molar-refractivity contribution in [2.45, 2.75) is 38.5 Å². The van der Waals surface area contributed by atoms with Gasteiger partial charge in [-0.05, 0) is 50.3 Å². The summed E-state index contributed by atoms with van der Waals surface area (Å²) >= 11 is 1.50. The van der Waals surface area contributed by atoms with Gasteiger partial charge in [0.25, 0.3) is 5.56 Å². The van der Waals surface area contributed by atoms with E-state index in [0.29, 0.717) is 21.5 Å². The monoisotopic (exact) mass is 429 g/mol. The molecule has 154 valence electrons. The third-order valence-electron chi connectivity index (χ3n) is 5.78. The van der Waals surface area contributed by atoms with Crippen molar-refractivity contribution in [3.63, 3.8) is 0 Å². The molecule has 1 atom stereocenters. The van der Waals surface area contributed by atoms with Crippen molar-refractivity contribution in [3.05, 3.63) is 74.4 Å². The van der Waals surface area contributed by atoms with E-state index in [-0.39, 0.29) is 11.4 Å². The van der Waals surface area contributed by atoms with Crippen molar-refractivity contribution in [2.75, 3.05) is 0 Å². The van der Waals surface area contributed by atoms with Gasteiger partial charge in [0.2, 0.25) is 0 Å². The van der Waals surface area contributed by atoms with Gasteiger partial charge in [-0.15, -0.1) is 11.3 Å². The summed E-state index contributed by atoms with van der Waals surface area (Å²) in [7, 11) is 0. The predicted molar refractivity (Wildman–Crippen MR) is 118 cm³/mol. The first kappa shape index (κ1) is 19.4. The van der Waals surface area contributed by atoms with Gasteiger partial charge in [0, 0.05) is 4.88 Å². The summed E-state index contributed by atoms with van der Waals surface area (Å²) in [6.07, 6.45) is 5.45. The van der Waals surface area contributed by atoms with Crippen LogP contribution in [0.1, 0.15) is 51.1 Å². The Balaban J connectivity index is 1.55. The molecule has 0 aliphatic heterocycles. The topological polar surface area (TPSA) is 104 Å². The lowest BCUT2D eigenvalue weighted by atomic mass is 9.96. The molecule has 0 radical (unpaired) electrons. The van der Waals surface area contributed by atoms with Crippen molar-refractivity contribution < 1.29 is 4.79 Å². The van der Waals surface area contributed by atoms with Crippen LogP contribution in [0.3, 0.4) is 0 Å². The van der Waals surface area contributed by atoms with Gasteiger partial charge in [-0.2, -0.15) is 10.4 Å². The Morgan fingerprint density at radius 2 is 2.03 bits per heavy atom. The number of benzene rings is 1. The average Bonchev–Trinajstić information content (AvgIpc) is 3.35. The molecule has 0 bridgehead atoms. The summed E-state index contributed by atoms with van der Waals surface area (Å²) in [6, 6.07) is 11.5. The number of aromatic amines is 1. The molecule has 0 saturated carbocycles. The summed E-state index contributed by atoms with van der Waals surface area (Å²) < 4.78 is 1.66. The molecule has 1 aliphatic carbocycles. The Morgan fingerprint density at radius 3 is 2.81 bits per heavy atom. The normalized spacial score (nSPS) is 14.2. The van der Waals surface area contributed by atoms with Crippen LogP contribution >= 0.6 is 11.3 Å². The van der Waals surface area contributed by atoms with E-state index in [0.717, 1.165) is 36.9 Å².